The number of carbonyl (C=O) groups is 1. The quantitative estimate of drug-likeness (QED) is 0.288. The molecular formula is C16H22N8O5. The van der Waals surface area contributed by atoms with Crippen molar-refractivity contribution in [1.29, 1.82) is 0 Å². The number of fused-ring (bicyclic) bond motifs is 1. The molecule has 13 heteroatoms. The zero-order chi connectivity index (χ0) is 21.1. The molecule has 0 bridgehead atoms. The molecule has 0 aromatic carbocycles. The van der Waals surface area contributed by atoms with E-state index in [-0.39, 0.29) is 42.1 Å². The number of anilines is 1. The number of carbonyl (C=O) groups excluding carboxylic acids is 1. The first-order valence-corrected chi connectivity index (χ1v) is 9.10. The van der Waals surface area contributed by atoms with Crippen molar-refractivity contribution in [2.75, 3.05) is 18.5 Å². The summed E-state index contributed by atoms with van der Waals surface area (Å²) in [6.07, 6.45) is -1.10. The second-order valence-electron chi connectivity index (χ2n) is 7.03. The highest BCUT2D eigenvalue weighted by Gasteiger charge is 2.44. The number of azide groups is 1. The number of imidazole rings is 1. The number of nitrogens with one attached hydrogen (secondary N) is 2. The molecule has 0 unspecified atom stereocenters. The van der Waals surface area contributed by atoms with Crippen molar-refractivity contribution in [3.63, 3.8) is 0 Å². The van der Waals surface area contributed by atoms with E-state index < -0.39 is 29.9 Å². The van der Waals surface area contributed by atoms with E-state index in [1.165, 1.54) is 10.9 Å². The Morgan fingerprint density at radius 3 is 2.97 bits per heavy atom. The van der Waals surface area contributed by atoms with Crippen LogP contribution in [0.5, 0.6) is 0 Å². The normalized spacial score (nSPS) is 24.0. The molecule has 4 N–H and O–H groups in total. The van der Waals surface area contributed by atoms with E-state index in [0.717, 1.165) is 0 Å². The minimum absolute atomic E-state index is 0.0152. The van der Waals surface area contributed by atoms with Crippen LogP contribution in [0.2, 0.25) is 0 Å². The van der Waals surface area contributed by atoms with Crippen LogP contribution < -0.4 is 10.9 Å². The summed E-state index contributed by atoms with van der Waals surface area (Å²) >= 11 is 0. The zero-order valence-corrected chi connectivity index (χ0v) is 15.9. The molecule has 0 saturated carbocycles. The Morgan fingerprint density at radius 2 is 2.31 bits per heavy atom. The van der Waals surface area contributed by atoms with Crippen molar-refractivity contribution < 1.29 is 19.7 Å². The number of rotatable bonds is 7. The second-order valence-corrected chi connectivity index (χ2v) is 7.03. The fraction of sp³-hybridized carbons (Fsp3) is 0.625. The first-order valence-electron chi connectivity index (χ1n) is 9.10. The van der Waals surface area contributed by atoms with Crippen LogP contribution >= 0.6 is 0 Å². The van der Waals surface area contributed by atoms with Gasteiger partial charge in [-0.05, 0) is 12.0 Å². The minimum atomic E-state index is -1.06. The second kappa shape index (κ2) is 8.57. The Kier molecular flexibility index (Phi) is 6.13. The fourth-order valence-corrected chi connectivity index (χ4v) is 3.24. The van der Waals surface area contributed by atoms with Crippen LogP contribution in [0.4, 0.5) is 5.95 Å². The summed E-state index contributed by atoms with van der Waals surface area (Å²) in [7, 11) is 0. The lowest BCUT2D eigenvalue weighted by Crippen LogP contribution is -2.28. The third-order valence-electron chi connectivity index (χ3n) is 4.80. The van der Waals surface area contributed by atoms with E-state index in [1.807, 2.05) is 0 Å². The summed E-state index contributed by atoms with van der Waals surface area (Å²) < 4.78 is 7.15. The van der Waals surface area contributed by atoms with Crippen molar-refractivity contribution in [2.24, 2.45) is 17.0 Å². The van der Waals surface area contributed by atoms with Gasteiger partial charge < -0.3 is 14.9 Å². The summed E-state index contributed by atoms with van der Waals surface area (Å²) in [6, 6.07) is 0. The number of aliphatic hydroxyl groups excluding tert-OH is 2. The molecule has 1 aliphatic heterocycles. The molecule has 1 fully saturated rings. The van der Waals surface area contributed by atoms with Gasteiger partial charge in [0.15, 0.2) is 17.4 Å². The van der Waals surface area contributed by atoms with Gasteiger partial charge in [-0.1, -0.05) is 19.0 Å². The van der Waals surface area contributed by atoms with Crippen LogP contribution in [0.25, 0.3) is 21.6 Å². The first kappa shape index (κ1) is 20.7. The van der Waals surface area contributed by atoms with Crippen LogP contribution in [0.1, 0.15) is 26.5 Å². The Hall–Kier alpha value is -2.99. The molecule has 4 atom stereocenters. The molecule has 2 aromatic heterocycles. The molecule has 156 valence electrons. The Labute approximate surface area is 164 Å². The van der Waals surface area contributed by atoms with E-state index in [4.69, 9.17) is 10.3 Å². The Bertz CT molecular complexity index is 995. The number of hydrogen-bond acceptors (Lipinski definition) is 8. The van der Waals surface area contributed by atoms with Gasteiger partial charge in [-0.15, -0.1) is 0 Å². The fourth-order valence-electron chi connectivity index (χ4n) is 3.24. The molecule has 1 saturated heterocycles. The number of ether oxygens (including phenoxy) is 1. The minimum Gasteiger partial charge on any atom is -0.394 e. The third-order valence-corrected chi connectivity index (χ3v) is 4.80. The van der Waals surface area contributed by atoms with E-state index in [1.54, 1.807) is 13.8 Å². The summed E-state index contributed by atoms with van der Waals surface area (Å²) in [5.41, 5.74) is 8.00. The molecule has 13 nitrogen and oxygen atoms in total. The van der Waals surface area contributed by atoms with Crippen LogP contribution in [-0.2, 0) is 9.53 Å². The van der Waals surface area contributed by atoms with E-state index >= 15 is 0 Å². The monoisotopic (exact) mass is 406 g/mol. The number of H-pyrrole nitrogens is 1. The maximum Gasteiger partial charge on any atom is 0.280 e. The lowest BCUT2D eigenvalue weighted by atomic mass is 9.94. The molecule has 3 rings (SSSR count). The number of aromatic amines is 1. The average Bonchev–Trinajstić information content (AvgIpc) is 3.23. The molecule has 1 amide bonds. The lowest BCUT2D eigenvalue weighted by molar-refractivity contribution is -0.118. The van der Waals surface area contributed by atoms with Crippen LogP contribution in [0.3, 0.4) is 0 Å². The Balaban J connectivity index is 1.94. The number of amides is 1. The van der Waals surface area contributed by atoms with Crippen molar-refractivity contribution in [3.05, 3.63) is 27.1 Å². The number of nitrogens with zero attached hydrogens (tertiary/aromatic N) is 6. The van der Waals surface area contributed by atoms with Crippen LogP contribution in [0, 0.1) is 11.8 Å². The highest BCUT2D eigenvalue weighted by Crippen LogP contribution is 2.36. The highest BCUT2D eigenvalue weighted by molar-refractivity contribution is 5.91. The highest BCUT2D eigenvalue weighted by atomic mass is 16.5. The SMILES string of the molecule is CC(C)C(=O)Nc1nc2c(ncn2[C@@H]2O[C@H](CO)[C@@H](CCN=[N+]=[N-])[C@H]2O)c(=O)[nH]1. The Morgan fingerprint density at radius 1 is 1.55 bits per heavy atom. The predicted molar refractivity (Wildman–Crippen MR) is 101 cm³/mol. The molecular weight excluding hydrogens is 384 g/mol. The van der Waals surface area contributed by atoms with Gasteiger partial charge in [-0.2, -0.15) is 4.98 Å². The van der Waals surface area contributed by atoms with Crippen molar-refractivity contribution in [1.82, 2.24) is 19.5 Å². The number of aliphatic hydroxyl groups is 2. The summed E-state index contributed by atoms with van der Waals surface area (Å²) in [5.74, 6) is -1.18. The predicted octanol–water partition coefficient (Wildman–Crippen LogP) is 0.281. The summed E-state index contributed by atoms with van der Waals surface area (Å²) in [5, 5.41) is 26.3. The number of hydrogen-bond donors (Lipinski definition) is 4. The molecule has 29 heavy (non-hydrogen) atoms. The van der Waals surface area contributed by atoms with E-state index in [2.05, 4.69) is 30.3 Å². The van der Waals surface area contributed by atoms with E-state index in [9.17, 15) is 19.8 Å². The standard InChI is InChI=1S/C16H22N8O5/c1-7(2)13(27)21-16-20-12-10(14(28)22-16)18-6-24(12)15-11(26)8(3-4-19-23-17)9(5-25)29-15/h6-9,11,15,25-26H,3-5H2,1-2H3,(H2,20,21,22,27,28)/t8-,9-,11-,15-/m1/s1. The smallest absolute Gasteiger partial charge is 0.280 e. The largest absolute Gasteiger partial charge is 0.394 e. The summed E-state index contributed by atoms with van der Waals surface area (Å²) in [4.78, 5) is 37.6. The topological polar surface area (TPSA) is 191 Å². The maximum atomic E-state index is 12.3. The van der Waals surface area contributed by atoms with Gasteiger partial charge in [0, 0.05) is 23.3 Å². The van der Waals surface area contributed by atoms with Gasteiger partial charge >= 0.3 is 0 Å². The van der Waals surface area contributed by atoms with Crippen molar-refractivity contribution in [3.8, 4) is 0 Å². The summed E-state index contributed by atoms with van der Waals surface area (Å²) in [6.45, 7) is 3.19. The third kappa shape index (κ3) is 4.07. The molecule has 0 radical (unpaired) electrons. The molecule has 2 aromatic rings. The lowest BCUT2D eigenvalue weighted by Gasteiger charge is -2.18. The van der Waals surface area contributed by atoms with Gasteiger partial charge in [0.25, 0.3) is 5.56 Å². The van der Waals surface area contributed by atoms with Gasteiger partial charge in [0.05, 0.1) is 19.0 Å². The van der Waals surface area contributed by atoms with Crippen LogP contribution in [-0.4, -0.2) is 61.0 Å². The zero-order valence-electron chi connectivity index (χ0n) is 15.9. The van der Waals surface area contributed by atoms with E-state index in [0.29, 0.717) is 6.42 Å². The average molecular weight is 406 g/mol. The van der Waals surface area contributed by atoms with Crippen molar-refractivity contribution >= 4 is 23.0 Å². The van der Waals surface area contributed by atoms with Gasteiger partial charge in [0.1, 0.15) is 6.10 Å². The maximum absolute atomic E-state index is 12.3. The number of aromatic nitrogens is 4. The van der Waals surface area contributed by atoms with Gasteiger partial charge in [-0.25, -0.2) is 4.98 Å². The van der Waals surface area contributed by atoms with Gasteiger partial charge in [-0.3, -0.25) is 24.5 Å². The van der Waals surface area contributed by atoms with Crippen LogP contribution in [0.15, 0.2) is 16.2 Å². The molecule has 3 heterocycles. The molecule has 1 aliphatic rings. The van der Waals surface area contributed by atoms with Crippen molar-refractivity contribution in [2.45, 2.75) is 38.7 Å². The molecule has 0 aliphatic carbocycles. The van der Waals surface area contributed by atoms with Gasteiger partial charge in [0.2, 0.25) is 11.9 Å². The first-order chi connectivity index (χ1) is 13.9. The molecule has 0 spiro atoms.